The van der Waals surface area contributed by atoms with Gasteiger partial charge in [0.15, 0.2) is 5.78 Å². The summed E-state index contributed by atoms with van der Waals surface area (Å²) in [7, 11) is 0. The first-order chi connectivity index (χ1) is 36.6. The molecular weight excluding hydrogens is 1050 g/mol. The van der Waals surface area contributed by atoms with E-state index < -0.39 is 24.0 Å². The molecule has 4 rings (SSSR count). The fourth-order valence-electron chi connectivity index (χ4n) is 9.72. The molecule has 6 N–H and O–H groups in total. The molecule has 428 valence electrons. The topological polar surface area (TPSA) is 251 Å². The predicted octanol–water partition coefficient (Wildman–Crippen LogP) is 7.93. The molecule has 5 amide bonds. The van der Waals surface area contributed by atoms with Crippen molar-refractivity contribution in [1.82, 2.24) is 21.3 Å². The fourth-order valence-corrected chi connectivity index (χ4v) is 9.92. The van der Waals surface area contributed by atoms with Crippen LogP contribution in [0, 0.1) is 23.7 Å². The minimum absolute atomic E-state index is 0.0107. The Morgan fingerprint density at radius 2 is 1.56 bits per heavy atom. The Kier molecular flexibility index (Phi) is 28.0. The molecule has 0 aliphatic carbocycles. The molecule has 17 nitrogen and oxygen atoms in total. The van der Waals surface area contributed by atoms with Crippen molar-refractivity contribution in [1.29, 1.82) is 0 Å². The maximum atomic E-state index is 13.7. The Bertz CT molecular complexity index is 2210. The van der Waals surface area contributed by atoms with E-state index in [1.807, 2.05) is 46.8 Å². The van der Waals surface area contributed by atoms with Crippen LogP contribution >= 0.6 is 15.9 Å². The third-order valence-corrected chi connectivity index (χ3v) is 15.0. The molecule has 1 aromatic carbocycles. The van der Waals surface area contributed by atoms with Gasteiger partial charge in [-0.15, -0.1) is 0 Å². The van der Waals surface area contributed by atoms with Gasteiger partial charge in [-0.1, -0.05) is 111 Å². The zero-order chi connectivity index (χ0) is 56.5. The van der Waals surface area contributed by atoms with Gasteiger partial charge < -0.3 is 45.9 Å². The first-order valence-corrected chi connectivity index (χ1v) is 29.0. The van der Waals surface area contributed by atoms with E-state index in [2.05, 4.69) is 63.2 Å². The number of amides is 5. The Balaban J connectivity index is 1.18. The minimum atomic E-state index is -0.871. The number of hydrogen-bond donors (Lipinski definition) is 5. The van der Waals surface area contributed by atoms with Crippen molar-refractivity contribution in [2.45, 2.75) is 200 Å². The number of halogens is 1. The maximum absolute atomic E-state index is 13.7. The van der Waals surface area contributed by atoms with Crippen LogP contribution in [0.5, 0.6) is 0 Å². The number of unbranched alkanes of at least 4 members (excludes halogenated alkanes) is 2. The molecule has 0 bridgehead atoms. The number of esters is 1. The number of epoxide rings is 1. The molecule has 0 saturated carbocycles. The van der Waals surface area contributed by atoms with Crippen LogP contribution in [0.2, 0.25) is 0 Å². The summed E-state index contributed by atoms with van der Waals surface area (Å²) in [5, 5.41) is 11.5. The lowest BCUT2D eigenvalue weighted by molar-refractivity contribution is -0.145. The van der Waals surface area contributed by atoms with Crippen molar-refractivity contribution in [2.75, 3.05) is 25.0 Å². The lowest BCUT2D eigenvalue weighted by atomic mass is 9.88. The number of nitrogens with one attached hydrogen (secondary N) is 4. The number of carbonyl (C=O) groups is 8. The summed E-state index contributed by atoms with van der Waals surface area (Å²) in [5.41, 5.74) is 7.45. The lowest BCUT2D eigenvalue weighted by Crippen LogP contribution is -2.50. The third kappa shape index (κ3) is 25.1. The number of ketones is 3. The number of hydrogen-bond acceptors (Lipinski definition) is 12. The van der Waals surface area contributed by atoms with Gasteiger partial charge >= 0.3 is 12.0 Å². The number of Topliss-reactive ketones (excluding diaryl/α,β-unsaturated/α-hetero) is 3. The van der Waals surface area contributed by atoms with E-state index in [1.54, 1.807) is 30.3 Å². The lowest BCUT2D eigenvalue weighted by Gasteiger charge is -2.39. The average Bonchev–Trinajstić information content (AvgIpc) is 4.13. The van der Waals surface area contributed by atoms with Gasteiger partial charge in [-0.05, 0) is 93.7 Å². The molecule has 3 fully saturated rings. The van der Waals surface area contributed by atoms with Crippen molar-refractivity contribution >= 4 is 63.0 Å². The maximum Gasteiger partial charge on any atom is 0.312 e. The predicted molar refractivity (Wildman–Crippen MR) is 299 cm³/mol. The van der Waals surface area contributed by atoms with E-state index in [1.165, 1.54) is 0 Å². The molecule has 3 heterocycles. The molecule has 0 aromatic heterocycles. The number of urea groups is 1. The van der Waals surface area contributed by atoms with Crippen LogP contribution < -0.4 is 27.0 Å². The molecule has 3 aliphatic rings. The largest absolute Gasteiger partial charge is 0.461 e. The number of carbonyl (C=O) groups excluding carboxylic acids is 8. The average molecular weight is 1140 g/mol. The number of allylic oxidation sites excluding steroid dienone is 3. The van der Waals surface area contributed by atoms with E-state index in [-0.39, 0.29) is 140 Å². The SMILES string of the molecule is CC(/C=C/[C@@H]1C[C@]2(CO2)C[C@@H](CC(=O)CCCC(=O)OCc2ccc(CC(=O)[C@H](CCCNC(N)=O)NC(=O)[C@@H](CC(=O)CCCCCNC(=O)CBr)C(C)C)cc2)O1)=C\C[C@@H]1O[C@H](C)[C@H](NC(=O)/C=C\C(C)C)C[C@@H]1C. The van der Waals surface area contributed by atoms with Gasteiger partial charge in [0.2, 0.25) is 17.7 Å². The van der Waals surface area contributed by atoms with Crippen molar-refractivity contribution in [3.8, 4) is 0 Å². The highest BCUT2D eigenvalue weighted by Crippen LogP contribution is 2.43. The van der Waals surface area contributed by atoms with Crippen molar-refractivity contribution in [3.05, 3.63) is 71.3 Å². The smallest absolute Gasteiger partial charge is 0.312 e. The van der Waals surface area contributed by atoms with Crippen LogP contribution in [0.25, 0.3) is 0 Å². The number of ether oxygens (including phenoxy) is 4. The second kappa shape index (κ2) is 33.4. The molecular formula is C59H88BrN5O12. The quantitative estimate of drug-likeness (QED) is 0.0110. The van der Waals surface area contributed by atoms with Crippen LogP contribution in [0.3, 0.4) is 0 Å². The molecule has 77 heavy (non-hydrogen) atoms. The van der Waals surface area contributed by atoms with E-state index in [4.69, 9.17) is 24.7 Å². The van der Waals surface area contributed by atoms with Gasteiger partial charge in [0, 0.05) is 70.4 Å². The number of primary amides is 1. The summed E-state index contributed by atoms with van der Waals surface area (Å²) < 4.78 is 24.2. The van der Waals surface area contributed by atoms with Gasteiger partial charge in [0.1, 0.15) is 18.2 Å². The summed E-state index contributed by atoms with van der Waals surface area (Å²) in [4.78, 5) is 101. The van der Waals surface area contributed by atoms with Gasteiger partial charge in [-0.2, -0.15) is 0 Å². The second-order valence-corrected chi connectivity index (χ2v) is 22.7. The molecule has 1 spiro atoms. The highest BCUT2D eigenvalue weighted by molar-refractivity contribution is 9.09. The van der Waals surface area contributed by atoms with E-state index in [9.17, 15) is 38.4 Å². The molecule has 0 radical (unpaired) electrons. The molecule has 3 aliphatic heterocycles. The summed E-state index contributed by atoms with van der Waals surface area (Å²) >= 11 is 3.11. The highest BCUT2D eigenvalue weighted by Gasteiger charge is 2.51. The summed E-state index contributed by atoms with van der Waals surface area (Å²) in [6.07, 6.45) is 16.2. The Hall–Kier alpha value is -5.04. The van der Waals surface area contributed by atoms with Crippen LogP contribution in [-0.4, -0.2) is 114 Å². The third-order valence-electron chi connectivity index (χ3n) is 14.4. The summed E-state index contributed by atoms with van der Waals surface area (Å²) in [5.74, 6) is -1.47. The summed E-state index contributed by atoms with van der Waals surface area (Å²) in [6.45, 7) is 15.4. The zero-order valence-electron chi connectivity index (χ0n) is 46.7. The van der Waals surface area contributed by atoms with Crippen LogP contribution in [0.4, 0.5) is 4.79 Å². The molecule has 9 atom stereocenters. The van der Waals surface area contributed by atoms with Crippen LogP contribution in [0.1, 0.15) is 156 Å². The minimum Gasteiger partial charge on any atom is -0.461 e. The van der Waals surface area contributed by atoms with Gasteiger partial charge in [-0.25, -0.2) is 4.79 Å². The Morgan fingerprint density at radius 1 is 0.857 bits per heavy atom. The number of nitrogens with two attached hydrogens (primary N) is 1. The Morgan fingerprint density at radius 3 is 2.23 bits per heavy atom. The molecule has 0 unspecified atom stereocenters. The van der Waals surface area contributed by atoms with E-state index >= 15 is 0 Å². The first-order valence-electron chi connectivity index (χ1n) is 27.9. The zero-order valence-corrected chi connectivity index (χ0v) is 48.3. The van der Waals surface area contributed by atoms with E-state index in [0.29, 0.717) is 62.3 Å². The number of benzene rings is 1. The number of rotatable bonds is 34. The summed E-state index contributed by atoms with van der Waals surface area (Å²) in [6, 6.07) is 5.47. The van der Waals surface area contributed by atoms with Gasteiger partial charge in [0.05, 0.1) is 54.0 Å². The molecule has 18 heteroatoms. The van der Waals surface area contributed by atoms with Gasteiger partial charge in [0.25, 0.3) is 0 Å². The van der Waals surface area contributed by atoms with Crippen LogP contribution in [0.15, 0.2) is 60.2 Å². The van der Waals surface area contributed by atoms with Crippen molar-refractivity contribution in [2.24, 2.45) is 29.4 Å². The van der Waals surface area contributed by atoms with Gasteiger partial charge in [-0.3, -0.25) is 33.6 Å². The number of alkyl halides is 1. The molecule has 1 aromatic rings. The fraction of sp³-hybridized carbons (Fsp3) is 0.661. The highest BCUT2D eigenvalue weighted by atomic mass is 79.9. The standard InChI is InChI=1S/C59H88BrN5O12/c1-38(2)17-26-54(69)64-51-29-41(6)53(76-42(51)7)25-19-40(5)18-24-47-33-59(37-75-59)34-48(77-47)31-45(66)14-11-16-56(71)74-36-44-22-20-43(21-23-44)30-52(68)50(15-12-28-63-58(61)73)65-57(72)49(39(3)4)32-46(67)13-9-8-10-27-62-55(70)35-60/h17-24,26,38-39,41-42,47-51,53H,8-16,25,27-37H2,1-7H3,(H,62,70)(H,64,69)(H,65,72)(H3,61,63,73)/b24-18+,26-17-,40-19+/t41-,42+,47+,48+,49-,50-,51+,53-,59+/m0/s1. The normalized spacial score (nSPS) is 23.2. The molecule has 3 saturated heterocycles. The first kappa shape index (κ1) is 64.5. The Labute approximate surface area is 465 Å². The van der Waals surface area contributed by atoms with E-state index in [0.717, 1.165) is 37.7 Å². The van der Waals surface area contributed by atoms with Crippen LogP contribution in [-0.2, 0) is 65.5 Å². The van der Waals surface area contributed by atoms with Crippen molar-refractivity contribution in [3.63, 3.8) is 0 Å². The monoisotopic (exact) mass is 1140 g/mol. The van der Waals surface area contributed by atoms with Crippen molar-refractivity contribution < 1.29 is 57.3 Å². The second-order valence-electron chi connectivity index (χ2n) is 22.1.